The van der Waals surface area contributed by atoms with Crippen LogP contribution in [0.15, 0.2) is 78.9 Å². The number of carboxylic acids is 1. The van der Waals surface area contributed by atoms with E-state index >= 15 is 0 Å². The molecule has 1 aliphatic carbocycles. The number of aryl methyl sites for hydroxylation is 1. The number of hydrogen-bond donors (Lipinski definition) is 7. The summed E-state index contributed by atoms with van der Waals surface area (Å²) in [6.07, 6.45) is 7.12. The number of nitrogens with two attached hydrogens (primary N) is 1. The van der Waals surface area contributed by atoms with Crippen LogP contribution in [0.2, 0.25) is 0 Å². The molecule has 0 aromatic heterocycles. The van der Waals surface area contributed by atoms with Crippen molar-refractivity contribution in [3.05, 3.63) is 101 Å². The number of phenols is 1. The van der Waals surface area contributed by atoms with Crippen molar-refractivity contribution in [1.82, 2.24) is 26.2 Å². The summed E-state index contributed by atoms with van der Waals surface area (Å²) in [6, 6.07) is 14.9. The van der Waals surface area contributed by atoms with Gasteiger partial charge in [0.2, 0.25) is 23.6 Å². The smallest absolute Gasteiger partial charge is 0.326 e. The number of likely N-dealkylation sites (N-methyl/N-ethyl adjacent to an activating group) is 1. The average molecular weight is 865 g/mol. The van der Waals surface area contributed by atoms with E-state index in [0.717, 1.165) is 30.4 Å². The molecule has 15 heteroatoms. The molecule has 0 saturated carbocycles. The van der Waals surface area contributed by atoms with Crippen molar-refractivity contribution in [3.8, 4) is 16.9 Å². The molecule has 1 aliphatic heterocycles. The molecule has 1 heterocycles. The van der Waals surface area contributed by atoms with Crippen LogP contribution in [-0.2, 0) is 41.6 Å². The Morgan fingerprint density at radius 1 is 0.921 bits per heavy atom. The number of benzene rings is 3. The van der Waals surface area contributed by atoms with Crippen LogP contribution in [0.4, 0.5) is 0 Å². The second-order valence-electron chi connectivity index (χ2n) is 16.7. The molecule has 4 bridgehead atoms. The van der Waals surface area contributed by atoms with E-state index in [1.165, 1.54) is 54.8 Å². The van der Waals surface area contributed by atoms with Crippen LogP contribution in [0.25, 0.3) is 11.1 Å². The second kappa shape index (κ2) is 22.1. The third-order valence-electron chi connectivity index (χ3n) is 11.9. The number of allylic oxidation sites excluding steroid dienone is 1. The minimum Gasteiger partial charge on any atom is -0.508 e. The average Bonchev–Trinajstić information content (AvgIpc) is 3.27. The van der Waals surface area contributed by atoms with Crippen LogP contribution >= 0.6 is 0 Å². The largest absolute Gasteiger partial charge is 0.508 e. The molecule has 63 heavy (non-hydrogen) atoms. The van der Waals surface area contributed by atoms with E-state index < -0.39 is 71.5 Å². The summed E-state index contributed by atoms with van der Waals surface area (Å²) in [5, 5.41) is 31.5. The van der Waals surface area contributed by atoms with E-state index in [9.17, 15) is 43.8 Å². The number of hydrogen-bond acceptors (Lipinski definition) is 9. The van der Waals surface area contributed by atoms with E-state index in [2.05, 4.69) is 52.5 Å². The number of aromatic hydroxyl groups is 1. The quantitative estimate of drug-likeness (QED) is 0.103. The summed E-state index contributed by atoms with van der Waals surface area (Å²) in [6.45, 7) is 5.47. The Kier molecular flexibility index (Phi) is 16.8. The molecule has 15 nitrogen and oxygen atoms in total. The summed E-state index contributed by atoms with van der Waals surface area (Å²) in [5.41, 5.74) is 10.1. The highest BCUT2D eigenvalue weighted by atomic mass is 16.4. The number of carbonyl (C=O) groups is 7. The molecule has 0 fully saturated rings. The first-order valence-electron chi connectivity index (χ1n) is 21.7. The molecule has 336 valence electrons. The molecule has 0 radical (unpaired) electrons. The molecule has 7 atom stereocenters. The Labute approximate surface area is 368 Å². The summed E-state index contributed by atoms with van der Waals surface area (Å²) in [4.78, 5) is 95.6. The van der Waals surface area contributed by atoms with E-state index in [1.807, 2.05) is 12.1 Å². The summed E-state index contributed by atoms with van der Waals surface area (Å²) < 4.78 is 0. The molecule has 3 aromatic carbocycles. The number of nitrogens with zero attached hydrogens (tertiary/aromatic N) is 1. The molecule has 0 saturated heterocycles. The number of amides is 5. The first-order valence-corrected chi connectivity index (χ1v) is 21.7. The van der Waals surface area contributed by atoms with Gasteiger partial charge in [0.25, 0.3) is 5.91 Å². The lowest BCUT2D eigenvalue weighted by Gasteiger charge is -2.38. The number of carboxylic acid groups (broad SMARTS) is 1. The van der Waals surface area contributed by atoms with Crippen molar-refractivity contribution in [2.45, 2.75) is 102 Å². The fourth-order valence-electron chi connectivity index (χ4n) is 8.03. The molecule has 2 aliphatic rings. The van der Waals surface area contributed by atoms with Gasteiger partial charge in [-0.1, -0.05) is 74.9 Å². The highest BCUT2D eigenvalue weighted by Gasteiger charge is 2.42. The van der Waals surface area contributed by atoms with Crippen molar-refractivity contribution in [2.75, 3.05) is 20.1 Å². The predicted molar refractivity (Wildman–Crippen MR) is 237 cm³/mol. The van der Waals surface area contributed by atoms with Gasteiger partial charge in [0.15, 0.2) is 5.78 Å². The van der Waals surface area contributed by atoms with Crippen LogP contribution in [0, 0.1) is 11.8 Å². The van der Waals surface area contributed by atoms with Crippen molar-refractivity contribution >= 4 is 41.3 Å². The summed E-state index contributed by atoms with van der Waals surface area (Å²) >= 11 is 0. The number of nitrogens with one attached hydrogen (secondary N) is 4. The maximum absolute atomic E-state index is 14.5. The van der Waals surface area contributed by atoms with Gasteiger partial charge in [-0.25, -0.2) is 4.79 Å². The fourth-order valence-corrected chi connectivity index (χ4v) is 8.03. The number of unbranched alkanes of at least 4 members (excludes halogenated alkanes) is 2. The summed E-state index contributed by atoms with van der Waals surface area (Å²) in [5.74, 6) is -7.44. The molecule has 8 N–H and O–H groups in total. The van der Waals surface area contributed by atoms with E-state index in [-0.39, 0.29) is 48.8 Å². The number of carbonyl (C=O) groups excluding carboxylic acids is 6. The third-order valence-corrected chi connectivity index (χ3v) is 11.9. The van der Waals surface area contributed by atoms with Crippen LogP contribution in [0.3, 0.4) is 0 Å². The topological polar surface area (TPSA) is 237 Å². The van der Waals surface area contributed by atoms with Crippen LogP contribution in [0.5, 0.6) is 5.75 Å². The fraction of sp³-hybridized carbons (Fsp3) is 0.438. The maximum Gasteiger partial charge on any atom is 0.326 e. The Balaban J connectivity index is 1.32. The van der Waals surface area contributed by atoms with Crippen LogP contribution in [-0.4, -0.2) is 101 Å². The van der Waals surface area contributed by atoms with Crippen molar-refractivity contribution in [2.24, 2.45) is 17.6 Å². The standard InChI is InChI=1S/C48H60N6O9/c1-5-6-9-30-11-14-32(15-12-30)33-16-18-34(19-17-33)45(59)50-27-28(2)43(57)52-38(10-7-8-23-49)47(61)54(4)42-35-20-22-41(56)37(26-35)36-24-31(13-21-40(36)55)25-39(48(62)63)53-44(58)29(3)51-46(42)60/h11-22,24,28-29,35,37-39,42,55H,5-10,23,25-27,49H2,1-4H3,(H,50,59)(H,51,60)(H,52,57)(H,53,58)(H,62,63). The molecule has 3 aromatic rings. The SMILES string of the molecule is CCCCc1ccc(-c2ccc(C(=O)NCC(C)C(=O)NC(CCCCN)C(=O)N(C)C3C(=O)NC(C)C(=O)NC(C(=O)O)Cc4ccc(O)c(c4)C4CC3C=CC4=O)cc2)cc1. The molecule has 0 spiro atoms. The lowest BCUT2D eigenvalue weighted by molar-refractivity contribution is -0.145. The minimum atomic E-state index is -1.39. The van der Waals surface area contributed by atoms with Gasteiger partial charge < -0.3 is 42.1 Å². The van der Waals surface area contributed by atoms with E-state index in [4.69, 9.17) is 5.73 Å². The lowest BCUT2D eigenvalue weighted by Crippen LogP contribution is -2.60. The normalized spacial score (nSPS) is 20.9. The highest BCUT2D eigenvalue weighted by Crippen LogP contribution is 2.38. The van der Waals surface area contributed by atoms with E-state index in [0.29, 0.717) is 30.5 Å². The van der Waals surface area contributed by atoms with Crippen LogP contribution < -0.4 is 27.0 Å². The maximum atomic E-state index is 14.5. The van der Waals surface area contributed by atoms with Crippen molar-refractivity contribution in [3.63, 3.8) is 0 Å². The third kappa shape index (κ3) is 12.4. The highest BCUT2D eigenvalue weighted by molar-refractivity contribution is 5.99. The number of aliphatic carboxylic acids is 1. The monoisotopic (exact) mass is 864 g/mol. The molecule has 5 amide bonds. The van der Waals surface area contributed by atoms with Gasteiger partial charge in [0, 0.05) is 37.1 Å². The molecular weight excluding hydrogens is 805 g/mol. The number of phenolic OH excluding ortho intramolecular Hbond substituents is 1. The molecule has 7 unspecified atom stereocenters. The lowest BCUT2D eigenvalue weighted by atomic mass is 9.77. The predicted octanol–water partition coefficient (Wildman–Crippen LogP) is 3.77. The second-order valence-corrected chi connectivity index (χ2v) is 16.7. The first-order chi connectivity index (χ1) is 30.1. The van der Waals surface area contributed by atoms with E-state index in [1.54, 1.807) is 19.1 Å². The van der Waals surface area contributed by atoms with Gasteiger partial charge in [0.1, 0.15) is 29.9 Å². The van der Waals surface area contributed by atoms with Gasteiger partial charge in [-0.05, 0) is 98.5 Å². The molecular formula is C48H60N6O9. The number of fused-ring (bicyclic) bond motifs is 5. The zero-order valence-corrected chi connectivity index (χ0v) is 36.4. The Bertz CT molecular complexity index is 2170. The minimum absolute atomic E-state index is 0.0130. The zero-order valence-electron chi connectivity index (χ0n) is 36.4. The van der Waals surface area contributed by atoms with Gasteiger partial charge in [-0.3, -0.25) is 28.8 Å². The molecule has 5 rings (SSSR count). The number of ketones is 1. The Morgan fingerprint density at radius 2 is 1.60 bits per heavy atom. The van der Waals surface area contributed by atoms with Gasteiger partial charge >= 0.3 is 5.97 Å². The van der Waals surface area contributed by atoms with Gasteiger partial charge in [-0.15, -0.1) is 0 Å². The zero-order chi connectivity index (χ0) is 45.8. The van der Waals surface area contributed by atoms with Crippen molar-refractivity contribution in [1.29, 1.82) is 0 Å². The van der Waals surface area contributed by atoms with Crippen molar-refractivity contribution < 1.29 is 43.8 Å². The Morgan fingerprint density at radius 3 is 2.25 bits per heavy atom. The Hall–Kier alpha value is -6.35. The van der Waals surface area contributed by atoms with Crippen LogP contribution in [0.1, 0.15) is 92.3 Å². The van der Waals surface area contributed by atoms with Gasteiger partial charge in [0.05, 0.1) is 11.8 Å². The summed E-state index contributed by atoms with van der Waals surface area (Å²) in [7, 11) is 1.40. The number of rotatable bonds is 16. The van der Waals surface area contributed by atoms with Gasteiger partial charge in [-0.2, -0.15) is 0 Å². The first kappa shape index (κ1) is 47.7.